The molecule has 0 saturated heterocycles. The smallest absolute Gasteiger partial charge is 0.434 e. The van der Waals surface area contributed by atoms with E-state index in [4.69, 9.17) is 4.74 Å². The second-order valence-corrected chi connectivity index (χ2v) is 7.78. The third kappa shape index (κ3) is 4.83. The average Bonchev–Trinajstić information content (AvgIpc) is 3.28. The number of carbonyl (C=O) groups is 2. The van der Waals surface area contributed by atoms with E-state index >= 15 is 0 Å². The fourth-order valence-corrected chi connectivity index (χ4v) is 3.67. The number of benzene rings is 2. The number of nitrogens with zero attached hydrogens (tertiary/aromatic N) is 4. The predicted molar refractivity (Wildman–Crippen MR) is 124 cm³/mol. The van der Waals surface area contributed by atoms with Crippen LogP contribution in [-0.4, -0.2) is 37.8 Å². The number of nitrogens with one attached hydrogen (secondary N) is 1. The van der Waals surface area contributed by atoms with Crippen LogP contribution in [0.3, 0.4) is 0 Å². The van der Waals surface area contributed by atoms with E-state index < -0.39 is 29.3 Å². The maximum Gasteiger partial charge on any atom is 0.434 e. The van der Waals surface area contributed by atoms with Crippen molar-refractivity contribution in [2.75, 3.05) is 11.9 Å². The number of rotatable bonds is 6. The van der Waals surface area contributed by atoms with Gasteiger partial charge < -0.3 is 10.1 Å². The van der Waals surface area contributed by atoms with E-state index in [2.05, 4.69) is 15.4 Å². The Morgan fingerprint density at radius 2 is 1.83 bits per heavy atom. The summed E-state index contributed by atoms with van der Waals surface area (Å²) in [6.07, 6.45) is -2.78. The normalized spacial score (nSPS) is 11.5. The van der Waals surface area contributed by atoms with Gasteiger partial charge in [0.15, 0.2) is 5.69 Å². The Balaban J connectivity index is 1.53. The van der Waals surface area contributed by atoms with Crippen molar-refractivity contribution >= 4 is 28.5 Å². The van der Waals surface area contributed by atoms with E-state index in [1.54, 1.807) is 12.1 Å². The molecule has 0 aliphatic carbocycles. The van der Waals surface area contributed by atoms with Crippen LogP contribution in [0.2, 0.25) is 0 Å². The van der Waals surface area contributed by atoms with E-state index in [0.717, 1.165) is 11.8 Å². The molecule has 0 aliphatic rings. The molecule has 0 aliphatic heterocycles. The van der Waals surface area contributed by atoms with Gasteiger partial charge in [-0.05, 0) is 49.7 Å². The van der Waals surface area contributed by atoms with Crippen molar-refractivity contribution in [3.63, 3.8) is 0 Å². The number of amides is 1. The largest absolute Gasteiger partial charge is 0.462 e. The summed E-state index contributed by atoms with van der Waals surface area (Å²) >= 11 is 0. The van der Waals surface area contributed by atoms with Crippen LogP contribution in [0.4, 0.5) is 18.9 Å². The third-order valence-corrected chi connectivity index (χ3v) is 5.30. The topological polar surface area (TPSA) is 108 Å². The molecule has 0 fully saturated rings. The van der Waals surface area contributed by atoms with Crippen molar-refractivity contribution in [3.05, 3.63) is 82.2 Å². The van der Waals surface area contributed by atoms with E-state index in [-0.39, 0.29) is 30.1 Å². The van der Waals surface area contributed by atoms with Gasteiger partial charge in [-0.3, -0.25) is 14.2 Å². The van der Waals surface area contributed by atoms with Crippen molar-refractivity contribution in [2.45, 2.75) is 26.6 Å². The van der Waals surface area contributed by atoms with Gasteiger partial charge in [0.2, 0.25) is 5.91 Å². The summed E-state index contributed by atoms with van der Waals surface area (Å²) < 4.78 is 47.5. The highest BCUT2D eigenvalue weighted by atomic mass is 19.4. The number of hydrogen-bond donors (Lipinski definition) is 1. The lowest BCUT2D eigenvalue weighted by Crippen LogP contribution is -2.28. The minimum absolute atomic E-state index is 0.0150. The summed E-state index contributed by atoms with van der Waals surface area (Å²) in [4.78, 5) is 41.4. The van der Waals surface area contributed by atoms with Crippen LogP contribution in [0.1, 0.15) is 28.5 Å². The molecule has 2 aromatic carbocycles. The molecule has 0 atom stereocenters. The molecule has 0 spiro atoms. The van der Waals surface area contributed by atoms with Gasteiger partial charge in [0.05, 0.1) is 35.7 Å². The third-order valence-electron chi connectivity index (χ3n) is 5.30. The van der Waals surface area contributed by atoms with Crippen LogP contribution in [0.25, 0.3) is 16.6 Å². The number of hydrogen-bond acceptors (Lipinski definition) is 6. The van der Waals surface area contributed by atoms with Crippen LogP contribution in [0.5, 0.6) is 0 Å². The molecular weight excluding hydrogens is 479 g/mol. The lowest BCUT2D eigenvalue weighted by molar-refractivity contribution is -0.143. The molecule has 0 bridgehead atoms. The molecule has 2 aromatic heterocycles. The summed E-state index contributed by atoms with van der Waals surface area (Å²) in [6, 6.07) is 10.6. The van der Waals surface area contributed by atoms with Gasteiger partial charge in [-0.25, -0.2) is 14.5 Å². The zero-order valence-electron chi connectivity index (χ0n) is 19.2. The van der Waals surface area contributed by atoms with Gasteiger partial charge in [0.25, 0.3) is 5.56 Å². The summed E-state index contributed by atoms with van der Waals surface area (Å²) in [5, 5.41) is 6.68. The standard InChI is InChI=1S/C24H20F3N5O4/c1-3-36-23(35)18-11-29-32(21(18)24(25,26)27)16-9-7-15(8-10-16)30-19(33)12-31-13-28-20-14(2)5-4-6-17(20)22(31)34/h4-11,13H,3,12H2,1-2H3,(H,30,33). The summed E-state index contributed by atoms with van der Waals surface area (Å²) in [5.74, 6) is -1.66. The number of carbonyl (C=O) groups excluding carboxylic acids is 2. The molecule has 186 valence electrons. The molecule has 0 unspecified atom stereocenters. The molecule has 36 heavy (non-hydrogen) atoms. The molecule has 4 rings (SSSR count). The summed E-state index contributed by atoms with van der Waals surface area (Å²) in [6.45, 7) is 2.92. The first-order valence-electron chi connectivity index (χ1n) is 10.8. The Bertz CT molecular complexity index is 1510. The second kappa shape index (κ2) is 9.64. The highest BCUT2D eigenvalue weighted by molar-refractivity contribution is 5.91. The van der Waals surface area contributed by atoms with E-state index in [1.807, 2.05) is 13.0 Å². The Morgan fingerprint density at radius 3 is 2.50 bits per heavy atom. The van der Waals surface area contributed by atoms with Gasteiger partial charge in [-0.2, -0.15) is 18.3 Å². The van der Waals surface area contributed by atoms with Crippen LogP contribution in [-0.2, 0) is 22.3 Å². The quantitative estimate of drug-likeness (QED) is 0.405. The van der Waals surface area contributed by atoms with E-state index in [0.29, 0.717) is 15.6 Å². The molecule has 12 heteroatoms. The van der Waals surface area contributed by atoms with Gasteiger partial charge in [-0.15, -0.1) is 0 Å². The number of ether oxygens (including phenoxy) is 1. The predicted octanol–water partition coefficient (Wildman–Crippen LogP) is 3.72. The molecule has 2 heterocycles. The van der Waals surface area contributed by atoms with Crippen molar-refractivity contribution in [3.8, 4) is 5.69 Å². The minimum atomic E-state index is -4.87. The van der Waals surface area contributed by atoms with Crippen LogP contribution < -0.4 is 10.9 Å². The molecule has 1 N–H and O–H groups in total. The van der Waals surface area contributed by atoms with Crippen molar-refractivity contribution in [1.82, 2.24) is 19.3 Å². The van der Waals surface area contributed by atoms with Gasteiger partial charge in [0.1, 0.15) is 12.1 Å². The van der Waals surface area contributed by atoms with Crippen molar-refractivity contribution in [2.24, 2.45) is 0 Å². The SMILES string of the molecule is CCOC(=O)c1cnn(-c2ccc(NC(=O)Cn3cnc4c(C)cccc4c3=O)cc2)c1C(F)(F)F. The first kappa shape index (κ1) is 24.6. The van der Waals surface area contributed by atoms with Gasteiger partial charge >= 0.3 is 12.1 Å². The zero-order chi connectivity index (χ0) is 26.0. The maximum absolute atomic E-state index is 13.7. The lowest BCUT2D eigenvalue weighted by atomic mass is 10.1. The number of halogens is 3. The fraction of sp³-hybridized carbons (Fsp3) is 0.208. The highest BCUT2D eigenvalue weighted by Gasteiger charge is 2.41. The average molecular weight is 499 g/mol. The van der Waals surface area contributed by atoms with Crippen molar-refractivity contribution < 1.29 is 27.5 Å². The lowest BCUT2D eigenvalue weighted by Gasteiger charge is -2.13. The second-order valence-electron chi connectivity index (χ2n) is 7.78. The zero-order valence-corrected chi connectivity index (χ0v) is 19.2. The van der Waals surface area contributed by atoms with Crippen LogP contribution >= 0.6 is 0 Å². The number of anilines is 1. The van der Waals surface area contributed by atoms with E-state index in [1.165, 1.54) is 42.1 Å². The number of alkyl halides is 3. The first-order valence-corrected chi connectivity index (χ1v) is 10.8. The van der Waals surface area contributed by atoms with Crippen LogP contribution in [0, 0.1) is 6.92 Å². The maximum atomic E-state index is 13.7. The number of aromatic nitrogens is 4. The molecule has 4 aromatic rings. The Morgan fingerprint density at radius 1 is 1.11 bits per heavy atom. The molecular formula is C24H20F3N5O4. The first-order chi connectivity index (χ1) is 17.1. The van der Waals surface area contributed by atoms with E-state index in [9.17, 15) is 27.6 Å². The Labute approximate surface area is 202 Å². The fourth-order valence-electron chi connectivity index (χ4n) is 3.67. The van der Waals surface area contributed by atoms with Gasteiger partial charge in [0, 0.05) is 5.69 Å². The molecule has 0 saturated carbocycles. The molecule has 1 amide bonds. The summed E-state index contributed by atoms with van der Waals surface area (Å²) in [7, 11) is 0. The number of para-hydroxylation sites is 1. The minimum Gasteiger partial charge on any atom is -0.462 e. The number of fused-ring (bicyclic) bond motifs is 1. The van der Waals surface area contributed by atoms with Gasteiger partial charge in [-0.1, -0.05) is 12.1 Å². The van der Waals surface area contributed by atoms with Crippen molar-refractivity contribution in [1.29, 1.82) is 0 Å². The van der Waals surface area contributed by atoms with Crippen LogP contribution in [0.15, 0.2) is 59.8 Å². The highest BCUT2D eigenvalue weighted by Crippen LogP contribution is 2.34. The Kier molecular flexibility index (Phi) is 6.60. The molecule has 9 nitrogen and oxygen atoms in total. The number of aryl methyl sites for hydroxylation is 1. The summed E-state index contributed by atoms with van der Waals surface area (Å²) in [5.41, 5.74) is -0.652. The molecule has 0 radical (unpaired) electrons. The Hall–Kier alpha value is -4.48. The monoisotopic (exact) mass is 499 g/mol. The number of esters is 1.